The van der Waals surface area contributed by atoms with Gasteiger partial charge in [-0.25, -0.2) is 0 Å². The number of aromatic nitrogens is 1. The summed E-state index contributed by atoms with van der Waals surface area (Å²) in [6, 6.07) is 6.14. The Morgan fingerprint density at radius 3 is 2.92 bits per heavy atom. The Morgan fingerprint density at radius 1 is 1.46 bits per heavy atom. The number of rotatable bonds is 1. The first-order valence-electron chi connectivity index (χ1n) is 4.19. The number of H-pyrrole nitrogens is 1. The number of fused-ring (bicyclic) bond motifs is 1. The van der Waals surface area contributed by atoms with Crippen LogP contribution in [0.1, 0.15) is 11.3 Å². The number of nitrogens with two attached hydrogens (primary N) is 1. The highest BCUT2D eigenvalue weighted by molar-refractivity contribution is 9.10. The van der Waals surface area contributed by atoms with Crippen LogP contribution in [0.4, 0.5) is 0 Å². The van der Waals surface area contributed by atoms with Gasteiger partial charge in [-0.2, -0.15) is 0 Å². The largest absolute Gasteiger partial charge is 0.357 e. The molecule has 3 heteroatoms. The van der Waals surface area contributed by atoms with Crippen LogP contribution in [0, 0.1) is 6.92 Å². The predicted octanol–water partition coefficient (Wildman–Crippen LogP) is 2.70. The minimum Gasteiger partial charge on any atom is -0.357 e. The third-order valence-corrected chi connectivity index (χ3v) is 2.97. The van der Waals surface area contributed by atoms with Crippen LogP contribution in [-0.4, -0.2) is 4.98 Å². The van der Waals surface area contributed by atoms with E-state index in [-0.39, 0.29) is 0 Å². The van der Waals surface area contributed by atoms with E-state index in [2.05, 4.69) is 33.9 Å². The van der Waals surface area contributed by atoms with Gasteiger partial charge in [0.1, 0.15) is 0 Å². The molecule has 68 valence electrons. The lowest BCUT2D eigenvalue weighted by atomic mass is 10.1. The molecule has 0 unspecified atom stereocenters. The maximum atomic E-state index is 5.68. The van der Waals surface area contributed by atoms with Gasteiger partial charge in [-0.3, -0.25) is 0 Å². The van der Waals surface area contributed by atoms with E-state index in [4.69, 9.17) is 5.73 Å². The van der Waals surface area contributed by atoms with E-state index >= 15 is 0 Å². The van der Waals surface area contributed by atoms with Crippen LogP contribution >= 0.6 is 15.9 Å². The molecule has 0 fully saturated rings. The highest BCUT2D eigenvalue weighted by Crippen LogP contribution is 2.27. The SMILES string of the molecule is Cc1[nH]c2c(Br)cccc2c1CN. The molecule has 0 radical (unpaired) electrons. The van der Waals surface area contributed by atoms with E-state index in [9.17, 15) is 0 Å². The number of benzene rings is 1. The summed E-state index contributed by atoms with van der Waals surface area (Å²) in [6.07, 6.45) is 0. The van der Waals surface area contributed by atoms with Gasteiger partial charge in [-0.15, -0.1) is 0 Å². The number of para-hydroxylation sites is 1. The molecule has 0 spiro atoms. The molecule has 0 atom stereocenters. The lowest BCUT2D eigenvalue weighted by Gasteiger charge is -1.95. The van der Waals surface area contributed by atoms with Gasteiger partial charge in [0.25, 0.3) is 0 Å². The minimum absolute atomic E-state index is 0.586. The van der Waals surface area contributed by atoms with Gasteiger partial charge in [0.2, 0.25) is 0 Å². The Labute approximate surface area is 85.3 Å². The van der Waals surface area contributed by atoms with Crippen molar-refractivity contribution in [2.75, 3.05) is 0 Å². The van der Waals surface area contributed by atoms with Crippen LogP contribution in [0.15, 0.2) is 22.7 Å². The van der Waals surface area contributed by atoms with E-state index in [0.717, 1.165) is 15.7 Å². The van der Waals surface area contributed by atoms with E-state index in [1.165, 1.54) is 10.9 Å². The normalized spacial score (nSPS) is 11.0. The molecule has 2 nitrogen and oxygen atoms in total. The predicted molar refractivity (Wildman–Crippen MR) is 58.6 cm³/mol. The standard InChI is InChI=1S/C10H11BrN2/c1-6-8(5-12)7-3-2-4-9(11)10(7)13-6/h2-4,13H,5,12H2,1H3. The van der Waals surface area contributed by atoms with Gasteiger partial charge < -0.3 is 10.7 Å². The van der Waals surface area contributed by atoms with Gasteiger partial charge in [0, 0.05) is 22.1 Å². The van der Waals surface area contributed by atoms with Crippen molar-refractivity contribution in [3.8, 4) is 0 Å². The Hall–Kier alpha value is -0.800. The summed E-state index contributed by atoms with van der Waals surface area (Å²) in [5, 5.41) is 1.22. The van der Waals surface area contributed by atoms with Crippen LogP contribution in [0.2, 0.25) is 0 Å². The molecule has 0 amide bonds. The number of hydrogen-bond acceptors (Lipinski definition) is 1. The van der Waals surface area contributed by atoms with Crippen molar-refractivity contribution in [2.45, 2.75) is 13.5 Å². The summed E-state index contributed by atoms with van der Waals surface area (Å²) in [5.74, 6) is 0. The fourth-order valence-electron chi connectivity index (χ4n) is 1.63. The first-order valence-corrected chi connectivity index (χ1v) is 4.99. The van der Waals surface area contributed by atoms with Gasteiger partial charge >= 0.3 is 0 Å². The third-order valence-electron chi connectivity index (χ3n) is 2.31. The van der Waals surface area contributed by atoms with Crippen molar-refractivity contribution < 1.29 is 0 Å². The fourth-order valence-corrected chi connectivity index (χ4v) is 2.10. The molecule has 0 aliphatic heterocycles. The van der Waals surface area contributed by atoms with Crippen molar-refractivity contribution in [1.29, 1.82) is 0 Å². The molecule has 3 N–H and O–H groups in total. The highest BCUT2D eigenvalue weighted by Gasteiger charge is 2.07. The minimum atomic E-state index is 0.586. The number of aromatic amines is 1. The Morgan fingerprint density at radius 2 is 2.23 bits per heavy atom. The van der Waals surface area contributed by atoms with Crippen LogP contribution in [-0.2, 0) is 6.54 Å². The van der Waals surface area contributed by atoms with E-state index in [1.54, 1.807) is 0 Å². The monoisotopic (exact) mass is 238 g/mol. The summed E-state index contributed by atoms with van der Waals surface area (Å²) in [4.78, 5) is 3.32. The zero-order valence-electron chi connectivity index (χ0n) is 7.39. The van der Waals surface area contributed by atoms with Crippen molar-refractivity contribution in [3.05, 3.63) is 33.9 Å². The number of halogens is 1. The van der Waals surface area contributed by atoms with Crippen molar-refractivity contribution in [3.63, 3.8) is 0 Å². The first-order chi connectivity index (χ1) is 6.24. The molecule has 1 aromatic carbocycles. The van der Waals surface area contributed by atoms with Crippen molar-refractivity contribution in [2.24, 2.45) is 5.73 Å². The van der Waals surface area contributed by atoms with E-state index < -0.39 is 0 Å². The second-order valence-electron chi connectivity index (χ2n) is 3.10. The van der Waals surface area contributed by atoms with Gasteiger partial charge in [-0.05, 0) is 34.5 Å². The molecule has 0 bridgehead atoms. The second kappa shape index (κ2) is 3.16. The van der Waals surface area contributed by atoms with Crippen LogP contribution < -0.4 is 5.73 Å². The topological polar surface area (TPSA) is 41.8 Å². The number of aryl methyl sites for hydroxylation is 1. The highest BCUT2D eigenvalue weighted by atomic mass is 79.9. The van der Waals surface area contributed by atoms with Crippen LogP contribution in [0.25, 0.3) is 10.9 Å². The summed E-state index contributed by atoms with van der Waals surface area (Å²) in [5.41, 5.74) is 9.18. The van der Waals surface area contributed by atoms with Crippen LogP contribution in [0.3, 0.4) is 0 Å². The second-order valence-corrected chi connectivity index (χ2v) is 3.95. The molecule has 2 aromatic rings. The molecule has 0 saturated carbocycles. The third kappa shape index (κ3) is 1.28. The number of hydrogen-bond donors (Lipinski definition) is 2. The molecule has 1 aromatic heterocycles. The lowest BCUT2D eigenvalue weighted by molar-refractivity contribution is 1.05. The zero-order chi connectivity index (χ0) is 9.42. The van der Waals surface area contributed by atoms with E-state index in [1.807, 2.05) is 12.1 Å². The Kier molecular flexibility index (Phi) is 2.14. The smallest absolute Gasteiger partial charge is 0.0603 e. The average Bonchev–Trinajstić information content (AvgIpc) is 2.43. The van der Waals surface area contributed by atoms with Gasteiger partial charge in [-0.1, -0.05) is 12.1 Å². The summed E-state index contributed by atoms with van der Waals surface area (Å²) in [7, 11) is 0. The van der Waals surface area contributed by atoms with Crippen LogP contribution in [0.5, 0.6) is 0 Å². The Balaban J connectivity index is 2.86. The van der Waals surface area contributed by atoms with Crippen molar-refractivity contribution >= 4 is 26.8 Å². The van der Waals surface area contributed by atoms with E-state index in [0.29, 0.717) is 6.54 Å². The summed E-state index contributed by atoms with van der Waals surface area (Å²) >= 11 is 3.50. The molecule has 0 aliphatic carbocycles. The quantitative estimate of drug-likeness (QED) is 0.789. The van der Waals surface area contributed by atoms with Crippen molar-refractivity contribution in [1.82, 2.24) is 4.98 Å². The zero-order valence-corrected chi connectivity index (χ0v) is 8.98. The fraction of sp³-hybridized carbons (Fsp3) is 0.200. The average molecular weight is 239 g/mol. The van der Waals surface area contributed by atoms with Gasteiger partial charge in [0.05, 0.1) is 5.52 Å². The molecule has 1 heterocycles. The Bertz CT molecular complexity index is 445. The maximum absolute atomic E-state index is 5.68. The molecule has 0 saturated heterocycles. The molecular weight excluding hydrogens is 228 g/mol. The molecular formula is C10H11BrN2. The lowest BCUT2D eigenvalue weighted by Crippen LogP contribution is -1.96. The molecule has 2 rings (SSSR count). The summed E-state index contributed by atoms with van der Waals surface area (Å²) in [6.45, 7) is 2.64. The molecule has 0 aliphatic rings. The number of nitrogens with one attached hydrogen (secondary N) is 1. The van der Waals surface area contributed by atoms with Gasteiger partial charge in [0.15, 0.2) is 0 Å². The first kappa shape index (κ1) is 8.78. The maximum Gasteiger partial charge on any atom is 0.0603 e. The summed E-state index contributed by atoms with van der Waals surface area (Å²) < 4.78 is 1.09. The molecule has 13 heavy (non-hydrogen) atoms.